The first-order valence-electron chi connectivity index (χ1n) is 7.11. The van der Waals surface area contributed by atoms with E-state index in [1.165, 1.54) is 5.01 Å². The lowest BCUT2D eigenvalue weighted by Crippen LogP contribution is -2.32. The van der Waals surface area contributed by atoms with Crippen molar-refractivity contribution in [3.63, 3.8) is 0 Å². The molecule has 2 aromatic rings. The van der Waals surface area contributed by atoms with E-state index in [-0.39, 0.29) is 18.8 Å². The molecular formula is C16H13F3N4O2. The van der Waals surface area contributed by atoms with Crippen molar-refractivity contribution < 1.29 is 18.1 Å². The van der Waals surface area contributed by atoms with E-state index < -0.39 is 22.4 Å². The van der Waals surface area contributed by atoms with Gasteiger partial charge in [0.15, 0.2) is 0 Å². The van der Waals surface area contributed by atoms with Gasteiger partial charge in [0.25, 0.3) is 5.69 Å². The highest BCUT2D eigenvalue weighted by Crippen LogP contribution is 2.35. The largest absolute Gasteiger partial charge is 0.416 e. The maximum absolute atomic E-state index is 12.8. The molecule has 0 spiro atoms. The first kappa shape index (κ1) is 18.1. The summed E-state index contributed by atoms with van der Waals surface area (Å²) in [7, 11) is 0. The Hall–Kier alpha value is -3.28. The van der Waals surface area contributed by atoms with Gasteiger partial charge in [-0.3, -0.25) is 20.5 Å². The van der Waals surface area contributed by atoms with Crippen LogP contribution in [0.25, 0.3) is 4.85 Å². The van der Waals surface area contributed by atoms with Crippen LogP contribution in [0.1, 0.15) is 5.56 Å². The van der Waals surface area contributed by atoms with Crippen LogP contribution in [0, 0.1) is 16.7 Å². The summed E-state index contributed by atoms with van der Waals surface area (Å²) < 4.78 is 38.3. The van der Waals surface area contributed by atoms with Crippen LogP contribution >= 0.6 is 0 Å². The minimum atomic E-state index is -4.67. The minimum absolute atomic E-state index is 0.0909. The Balaban J connectivity index is 2.38. The van der Waals surface area contributed by atoms with Gasteiger partial charge in [0.05, 0.1) is 16.2 Å². The zero-order valence-electron chi connectivity index (χ0n) is 12.8. The highest BCUT2D eigenvalue weighted by Gasteiger charge is 2.33. The van der Waals surface area contributed by atoms with E-state index in [1.54, 1.807) is 30.3 Å². The topological polar surface area (TPSA) is 62.8 Å². The maximum atomic E-state index is 12.8. The molecule has 0 saturated carbocycles. The number of alkyl halides is 3. The van der Waals surface area contributed by atoms with E-state index >= 15 is 0 Å². The fourth-order valence-corrected chi connectivity index (χ4v) is 2.11. The van der Waals surface area contributed by atoms with Gasteiger partial charge in [0.2, 0.25) is 6.54 Å². The first-order valence-corrected chi connectivity index (χ1v) is 7.11. The molecule has 25 heavy (non-hydrogen) atoms. The van der Waals surface area contributed by atoms with Crippen LogP contribution in [-0.2, 0) is 6.18 Å². The number of nitrogens with one attached hydrogen (secondary N) is 1. The fraction of sp³-hybridized carbons (Fsp3) is 0.188. The summed E-state index contributed by atoms with van der Waals surface area (Å²) in [4.78, 5) is 13.5. The van der Waals surface area contributed by atoms with Gasteiger partial charge in [0, 0.05) is 6.07 Å². The fourth-order valence-electron chi connectivity index (χ4n) is 2.11. The van der Waals surface area contributed by atoms with Crippen LogP contribution in [-0.4, -0.2) is 18.0 Å². The van der Waals surface area contributed by atoms with Gasteiger partial charge in [-0.05, 0) is 24.3 Å². The standard InChI is InChI=1S/C16H13F3N4O2/c1-20-9-10-22(13-5-3-2-4-6-13)21-14-8-7-12(16(17,18)19)11-15(14)23(24)25/h2-8,11,21H,9-10H2. The Labute approximate surface area is 141 Å². The normalized spacial score (nSPS) is 10.8. The Morgan fingerprint density at radius 3 is 2.44 bits per heavy atom. The summed E-state index contributed by atoms with van der Waals surface area (Å²) in [6.07, 6.45) is -4.67. The molecule has 2 aromatic carbocycles. The summed E-state index contributed by atoms with van der Waals surface area (Å²) >= 11 is 0. The molecule has 0 heterocycles. The predicted octanol–water partition coefficient (Wildman–Crippen LogP) is 4.37. The Morgan fingerprint density at radius 2 is 1.88 bits per heavy atom. The Kier molecular flexibility index (Phi) is 5.44. The summed E-state index contributed by atoms with van der Waals surface area (Å²) in [6, 6.07) is 10.9. The molecule has 0 unspecified atom stereocenters. The number of rotatable bonds is 6. The lowest BCUT2D eigenvalue weighted by Gasteiger charge is -2.24. The number of hydrogen-bond donors (Lipinski definition) is 1. The second kappa shape index (κ2) is 7.53. The summed E-state index contributed by atoms with van der Waals surface area (Å²) in [5, 5.41) is 12.6. The van der Waals surface area contributed by atoms with Gasteiger partial charge < -0.3 is 4.85 Å². The van der Waals surface area contributed by atoms with E-state index in [1.807, 2.05) is 0 Å². The van der Waals surface area contributed by atoms with E-state index in [4.69, 9.17) is 6.57 Å². The third-order valence-corrected chi connectivity index (χ3v) is 3.28. The maximum Gasteiger partial charge on any atom is 0.416 e. The van der Waals surface area contributed by atoms with Crippen LogP contribution in [0.5, 0.6) is 0 Å². The van der Waals surface area contributed by atoms with Crippen LogP contribution < -0.4 is 10.4 Å². The molecule has 0 aliphatic heterocycles. The van der Waals surface area contributed by atoms with Gasteiger partial charge in [-0.1, -0.05) is 18.2 Å². The lowest BCUT2D eigenvalue weighted by molar-refractivity contribution is -0.384. The lowest BCUT2D eigenvalue weighted by atomic mass is 10.1. The molecular weight excluding hydrogens is 337 g/mol. The van der Waals surface area contributed by atoms with Crippen LogP contribution in [0.3, 0.4) is 0 Å². The Bertz CT molecular complexity index is 788. The molecule has 6 nitrogen and oxygen atoms in total. The van der Waals surface area contributed by atoms with Crippen molar-refractivity contribution in [2.24, 2.45) is 0 Å². The summed E-state index contributed by atoms with van der Waals surface area (Å²) in [5.74, 6) is 0. The molecule has 0 amide bonds. The van der Waals surface area contributed by atoms with Crippen molar-refractivity contribution in [3.05, 3.63) is 75.6 Å². The van der Waals surface area contributed by atoms with Crippen LogP contribution in [0.15, 0.2) is 48.5 Å². The number of halogens is 3. The van der Waals surface area contributed by atoms with Gasteiger partial charge in [0.1, 0.15) is 12.2 Å². The molecule has 2 rings (SSSR count). The number of benzene rings is 2. The number of hydrogen-bond acceptors (Lipinski definition) is 4. The molecule has 0 aliphatic rings. The molecule has 1 N–H and O–H groups in total. The van der Waals surface area contributed by atoms with E-state index in [0.29, 0.717) is 11.8 Å². The number of nitro groups is 1. The minimum Gasteiger partial charge on any atom is -0.315 e. The highest BCUT2D eigenvalue weighted by molar-refractivity contribution is 5.66. The number of anilines is 2. The summed E-state index contributed by atoms with van der Waals surface area (Å²) in [6.45, 7) is 7.19. The number of nitrogens with zero attached hydrogens (tertiary/aromatic N) is 3. The molecule has 0 aliphatic carbocycles. The number of nitro benzene ring substituents is 1. The van der Waals surface area contributed by atoms with Crippen LogP contribution in [0.2, 0.25) is 0 Å². The Morgan fingerprint density at radius 1 is 1.20 bits per heavy atom. The van der Waals surface area contributed by atoms with Crippen LogP contribution in [0.4, 0.5) is 30.2 Å². The molecule has 0 aromatic heterocycles. The van der Waals surface area contributed by atoms with E-state index in [9.17, 15) is 23.3 Å². The van der Waals surface area contributed by atoms with Crippen molar-refractivity contribution in [3.8, 4) is 0 Å². The first-order chi connectivity index (χ1) is 11.8. The second-order valence-electron chi connectivity index (χ2n) is 4.97. The molecule has 130 valence electrons. The SMILES string of the molecule is [C-]#[N+]CCN(Nc1ccc(C(F)(F)F)cc1[N+](=O)[O-])c1ccccc1. The van der Waals surface area contributed by atoms with Crippen molar-refractivity contribution in [2.45, 2.75) is 6.18 Å². The van der Waals surface area contributed by atoms with Crippen molar-refractivity contribution in [2.75, 3.05) is 23.5 Å². The van der Waals surface area contributed by atoms with E-state index in [0.717, 1.165) is 12.1 Å². The third kappa shape index (κ3) is 4.60. The van der Waals surface area contributed by atoms with Crippen molar-refractivity contribution >= 4 is 17.1 Å². The van der Waals surface area contributed by atoms with Crippen molar-refractivity contribution in [1.82, 2.24) is 0 Å². The zero-order chi connectivity index (χ0) is 18.4. The van der Waals surface area contributed by atoms with Gasteiger partial charge in [-0.15, -0.1) is 0 Å². The smallest absolute Gasteiger partial charge is 0.315 e. The number of para-hydroxylation sites is 1. The second-order valence-corrected chi connectivity index (χ2v) is 4.97. The average molecular weight is 350 g/mol. The average Bonchev–Trinajstić information content (AvgIpc) is 2.58. The molecule has 0 atom stereocenters. The molecule has 9 heteroatoms. The monoisotopic (exact) mass is 350 g/mol. The molecule has 0 fully saturated rings. The van der Waals surface area contributed by atoms with Crippen molar-refractivity contribution in [1.29, 1.82) is 0 Å². The van der Waals surface area contributed by atoms with Gasteiger partial charge >= 0.3 is 6.18 Å². The van der Waals surface area contributed by atoms with E-state index in [2.05, 4.69) is 10.3 Å². The predicted molar refractivity (Wildman–Crippen MR) is 87.0 cm³/mol. The molecule has 0 saturated heterocycles. The van der Waals surface area contributed by atoms with Gasteiger partial charge in [-0.2, -0.15) is 13.2 Å². The number of hydrazine groups is 1. The third-order valence-electron chi connectivity index (χ3n) is 3.28. The molecule has 0 radical (unpaired) electrons. The summed E-state index contributed by atoms with van der Waals surface area (Å²) in [5.41, 5.74) is 1.48. The molecule has 0 bridgehead atoms. The highest BCUT2D eigenvalue weighted by atomic mass is 19.4. The quantitative estimate of drug-likeness (QED) is 0.477. The zero-order valence-corrected chi connectivity index (χ0v) is 12.8. The van der Waals surface area contributed by atoms with Gasteiger partial charge in [-0.25, -0.2) is 6.57 Å².